The van der Waals surface area contributed by atoms with Crippen LogP contribution in [0.1, 0.15) is 375 Å². The molecule has 1 aliphatic heterocycles. The van der Waals surface area contributed by atoms with E-state index < -0.39 is 0 Å². The number of nitrogens with zero attached hydrogens (tertiary/aromatic N) is 5. The molecule has 1 rings (SSSR count). The fraction of sp³-hybridized carbons (Fsp3) is 0.987. The maximum atomic E-state index is 12.3. The molecule has 82 heavy (non-hydrogen) atoms. The molecule has 0 aromatic heterocycles. The third-order valence-corrected chi connectivity index (χ3v) is 18.8. The standard InChI is InChI=1S/C75H153N5O2/c1-6-11-16-20-24-28-32-35-39-43-47-52-59-76(60-53-48-44-40-36-33-29-25-21-17-12-7-2)64-66-78(63-55-49-45-41-37-34-30-26-22-18-13-8-3)67-69-80-72-70-79(71-73-80)68-65-77(61-54-46-42-38-31-27-23-19-14-9-4)62-56-50-51-58-75(81)82-74-57-15-10-5/h6-74H2,1-5H3. The maximum Gasteiger partial charge on any atom is 0.305 e. The number of carbonyl (C=O) groups is 1. The van der Waals surface area contributed by atoms with Crippen LogP contribution in [0.25, 0.3) is 0 Å². The Kier molecular flexibility index (Phi) is 64.0. The second-order valence-electron chi connectivity index (χ2n) is 26.8. The normalized spacial score (nSPS) is 13.5. The van der Waals surface area contributed by atoms with E-state index in [0.717, 1.165) is 25.7 Å². The first-order chi connectivity index (χ1) is 40.6. The Morgan fingerprint density at radius 3 is 0.732 bits per heavy atom. The fourth-order valence-electron chi connectivity index (χ4n) is 12.8. The molecule has 0 unspecified atom stereocenters. The van der Waals surface area contributed by atoms with Crippen LogP contribution in [0.4, 0.5) is 0 Å². The van der Waals surface area contributed by atoms with Crippen LogP contribution in [0.2, 0.25) is 0 Å². The second kappa shape index (κ2) is 66.2. The summed E-state index contributed by atoms with van der Waals surface area (Å²) < 4.78 is 5.50. The molecule has 0 radical (unpaired) electrons. The van der Waals surface area contributed by atoms with Gasteiger partial charge in [0.1, 0.15) is 0 Å². The van der Waals surface area contributed by atoms with E-state index in [-0.39, 0.29) is 5.97 Å². The van der Waals surface area contributed by atoms with E-state index >= 15 is 0 Å². The average molecular weight is 1160 g/mol. The molecule has 0 amide bonds. The Morgan fingerprint density at radius 2 is 0.463 bits per heavy atom. The van der Waals surface area contributed by atoms with Crippen molar-refractivity contribution in [1.82, 2.24) is 24.5 Å². The molecular formula is C75H153N5O2. The monoisotopic (exact) mass is 1160 g/mol. The summed E-state index contributed by atoms with van der Waals surface area (Å²) >= 11 is 0. The van der Waals surface area contributed by atoms with Gasteiger partial charge in [-0.2, -0.15) is 0 Å². The van der Waals surface area contributed by atoms with Gasteiger partial charge in [0.2, 0.25) is 0 Å². The summed E-state index contributed by atoms with van der Waals surface area (Å²) in [5.41, 5.74) is 0. The number of rotatable bonds is 69. The molecule has 0 saturated carbocycles. The first kappa shape index (κ1) is 79.3. The van der Waals surface area contributed by atoms with E-state index in [4.69, 9.17) is 4.74 Å². The van der Waals surface area contributed by atoms with Crippen molar-refractivity contribution in [2.75, 3.05) is 105 Å². The molecular weight excluding hydrogens is 1000 g/mol. The van der Waals surface area contributed by atoms with Crippen LogP contribution in [0.15, 0.2) is 0 Å². The predicted molar refractivity (Wildman–Crippen MR) is 366 cm³/mol. The van der Waals surface area contributed by atoms with Crippen LogP contribution in [0.3, 0.4) is 0 Å². The number of esters is 1. The highest BCUT2D eigenvalue weighted by molar-refractivity contribution is 5.69. The van der Waals surface area contributed by atoms with Crippen LogP contribution >= 0.6 is 0 Å². The van der Waals surface area contributed by atoms with E-state index in [2.05, 4.69) is 59.1 Å². The van der Waals surface area contributed by atoms with Gasteiger partial charge in [-0.05, 0) is 77.7 Å². The van der Waals surface area contributed by atoms with Crippen molar-refractivity contribution in [2.45, 2.75) is 375 Å². The van der Waals surface area contributed by atoms with Crippen molar-refractivity contribution < 1.29 is 9.53 Å². The number of hydrogen-bond acceptors (Lipinski definition) is 7. The highest BCUT2D eigenvalue weighted by Crippen LogP contribution is 2.18. The van der Waals surface area contributed by atoms with Crippen molar-refractivity contribution in [2.24, 2.45) is 0 Å². The molecule has 0 aromatic rings. The SMILES string of the molecule is CCCCCCCCCCCCCCN(CCCCCCCCCCCCCC)CCN(CCCCCCCCCCCCCC)CCN1CCN(CCN(CCCCCCCCCCCC)CCCCCC(=O)OCCCCC)CC1. The van der Waals surface area contributed by atoms with Gasteiger partial charge < -0.3 is 19.4 Å². The van der Waals surface area contributed by atoms with Gasteiger partial charge >= 0.3 is 5.97 Å². The number of unbranched alkanes of at least 4 members (excludes halogenated alkanes) is 46. The third-order valence-electron chi connectivity index (χ3n) is 18.8. The molecule has 1 saturated heterocycles. The molecule has 0 aliphatic carbocycles. The summed E-state index contributed by atoms with van der Waals surface area (Å²) in [6.45, 7) is 30.7. The molecule has 7 heteroatoms. The largest absolute Gasteiger partial charge is 0.466 e. The summed E-state index contributed by atoms with van der Waals surface area (Å²) in [6, 6.07) is 0. The molecule has 0 aromatic carbocycles. The minimum absolute atomic E-state index is 0.0110. The fourth-order valence-corrected chi connectivity index (χ4v) is 12.8. The summed E-state index contributed by atoms with van der Waals surface area (Å²) in [5, 5.41) is 0. The molecule has 0 spiro atoms. The zero-order valence-electron chi connectivity index (χ0n) is 57.3. The Balaban J connectivity index is 2.78. The lowest BCUT2D eigenvalue weighted by Crippen LogP contribution is -2.50. The van der Waals surface area contributed by atoms with Crippen molar-refractivity contribution >= 4 is 5.97 Å². The van der Waals surface area contributed by atoms with Crippen molar-refractivity contribution in [3.63, 3.8) is 0 Å². The van der Waals surface area contributed by atoms with Crippen molar-refractivity contribution in [3.8, 4) is 0 Å². The summed E-state index contributed by atoms with van der Waals surface area (Å²) in [7, 11) is 0. The van der Waals surface area contributed by atoms with E-state index in [1.807, 2.05) is 0 Å². The molecule has 0 bridgehead atoms. The van der Waals surface area contributed by atoms with Crippen molar-refractivity contribution in [1.29, 1.82) is 0 Å². The van der Waals surface area contributed by atoms with Crippen LogP contribution in [-0.2, 0) is 9.53 Å². The molecule has 1 fully saturated rings. The van der Waals surface area contributed by atoms with Crippen LogP contribution in [0, 0.1) is 0 Å². The van der Waals surface area contributed by atoms with E-state index in [1.54, 1.807) is 0 Å². The van der Waals surface area contributed by atoms with Gasteiger partial charge in [0, 0.05) is 71.9 Å². The van der Waals surface area contributed by atoms with E-state index in [1.165, 1.54) is 406 Å². The second-order valence-corrected chi connectivity index (χ2v) is 26.8. The Morgan fingerprint density at radius 1 is 0.256 bits per heavy atom. The first-order valence-electron chi connectivity index (χ1n) is 38.3. The van der Waals surface area contributed by atoms with Gasteiger partial charge in [-0.3, -0.25) is 14.6 Å². The first-order valence-corrected chi connectivity index (χ1v) is 38.3. The summed E-state index contributed by atoms with van der Waals surface area (Å²) in [5.74, 6) is 0.0110. The Bertz CT molecular complexity index is 1180. The lowest BCUT2D eigenvalue weighted by Gasteiger charge is -2.37. The molecule has 490 valence electrons. The smallest absolute Gasteiger partial charge is 0.305 e. The highest BCUT2D eigenvalue weighted by atomic mass is 16.5. The highest BCUT2D eigenvalue weighted by Gasteiger charge is 2.19. The lowest BCUT2D eigenvalue weighted by atomic mass is 10.0. The van der Waals surface area contributed by atoms with Gasteiger partial charge in [0.05, 0.1) is 6.61 Å². The average Bonchev–Trinajstić information content (AvgIpc) is 3.49. The zero-order chi connectivity index (χ0) is 59.0. The van der Waals surface area contributed by atoms with Gasteiger partial charge in [0.25, 0.3) is 0 Å². The summed E-state index contributed by atoms with van der Waals surface area (Å²) in [6.07, 6.45) is 72.9. The topological polar surface area (TPSA) is 42.5 Å². The van der Waals surface area contributed by atoms with Crippen LogP contribution in [0.5, 0.6) is 0 Å². The van der Waals surface area contributed by atoms with Crippen LogP contribution < -0.4 is 0 Å². The van der Waals surface area contributed by atoms with Crippen LogP contribution in [-0.4, -0.2) is 135 Å². The van der Waals surface area contributed by atoms with E-state index in [0.29, 0.717) is 13.0 Å². The Hall–Kier alpha value is -0.730. The maximum absolute atomic E-state index is 12.3. The Labute approximate surface area is 517 Å². The lowest BCUT2D eigenvalue weighted by molar-refractivity contribution is -0.143. The number of piperazine rings is 1. The van der Waals surface area contributed by atoms with Gasteiger partial charge in [-0.15, -0.1) is 0 Å². The quantitative estimate of drug-likeness (QED) is 0.0444. The minimum atomic E-state index is 0.0110. The zero-order valence-corrected chi connectivity index (χ0v) is 57.3. The molecule has 0 atom stereocenters. The van der Waals surface area contributed by atoms with Crippen molar-refractivity contribution in [3.05, 3.63) is 0 Å². The summed E-state index contributed by atoms with van der Waals surface area (Å²) in [4.78, 5) is 26.5. The third kappa shape index (κ3) is 57.0. The predicted octanol–water partition coefficient (Wildman–Crippen LogP) is 21.8. The molecule has 1 heterocycles. The number of hydrogen-bond donors (Lipinski definition) is 0. The number of carbonyl (C=O) groups excluding carboxylic acids is 1. The molecule has 1 aliphatic rings. The minimum Gasteiger partial charge on any atom is -0.466 e. The van der Waals surface area contributed by atoms with Gasteiger partial charge in [0.15, 0.2) is 0 Å². The number of ether oxygens (including phenoxy) is 1. The van der Waals surface area contributed by atoms with E-state index in [9.17, 15) is 4.79 Å². The van der Waals surface area contributed by atoms with Gasteiger partial charge in [-0.25, -0.2) is 0 Å². The molecule has 7 nitrogen and oxygen atoms in total. The van der Waals surface area contributed by atoms with Gasteiger partial charge in [-0.1, -0.05) is 324 Å². The molecule has 0 N–H and O–H groups in total.